The summed E-state index contributed by atoms with van der Waals surface area (Å²) in [6, 6.07) is -0.216. The number of rotatable bonds is 3. The Bertz CT molecular complexity index is 486. The van der Waals surface area contributed by atoms with Crippen LogP contribution in [0.15, 0.2) is 17.4 Å². The van der Waals surface area contributed by atoms with Crippen LogP contribution in [0.25, 0.3) is 0 Å². The first kappa shape index (κ1) is 15.8. The van der Waals surface area contributed by atoms with E-state index in [-0.39, 0.29) is 0 Å². The number of amidine groups is 1. The predicted octanol–water partition coefficient (Wildman–Crippen LogP) is 1.44. The van der Waals surface area contributed by atoms with Crippen molar-refractivity contribution in [3.8, 4) is 6.01 Å². The minimum Gasteiger partial charge on any atom is -0.441 e. The van der Waals surface area contributed by atoms with Crippen molar-refractivity contribution in [3.05, 3.63) is 18.0 Å². The molecule has 0 fully saturated rings. The molecule has 20 heavy (non-hydrogen) atoms. The molecule has 0 saturated carbocycles. The van der Waals surface area contributed by atoms with Gasteiger partial charge in [-0.1, -0.05) is 5.16 Å². The van der Waals surface area contributed by atoms with Crippen molar-refractivity contribution in [1.82, 2.24) is 9.97 Å². The van der Waals surface area contributed by atoms with Crippen molar-refractivity contribution in [2.75, 3.05) is 0 Å². The average Bonchev–Trinajstić information content (AvgIpc) is 2.32. The summed E-state index contributed by atoms with van der Waals surface area (Å²) in [6.07, 6.45) is -14.7. The molecule has 0 atom stereocenters. The molecule has 1 heterocycles. The van der Waals surface area contributed by atoms with Gasteiger partial charge in [-0.05, 0) is 6.07 Å². The van der Waals surface area contributed by atoms with E-state index in [1.807, 2.05) is 0 Å². The predicted molar refractivity (Wildman–Crippen MR) is 51.1 cm³/mol. The molecule has 0 aromatic carbocycles. The number of halogens is 6. The summed E-state index contributed by atoms with van der Waals surface area (Å²) in [5.74, 6) is -0.632. The van der Waals surface area contributed by atoms with Gasteiger partial charge < -0.3 is 15.7 Å². The highest BCUT2D eigenvalue weighted by Crippen LogP contribution is 2.35. The molecule has 0 unspecified atom stereocenters. The van der Waals surface area contributed by atoms with E-state index in [2.05, 4.69) is 19.9 Å². The van der Waals surface area contributed by atoms with Gasteiger partial charge in [-0.15, -0.1) is 0 Å². The van der Waals surface area contributed by atoms with E-state index in [4.69, 9.17) is 10.9 Å². The maximum atomic E-state index is 12.2. The van der Waals surface area contributed by atoms with Gasteiger partial charge in [0.25, 0.3) is 6.10 Å². The number of hydrogen-bond donors (Lipinski definition) is 2. The van der Waals surface area contributed by atoms with Gasteiger partial charge in [-0.2, -0.15) is 31.3 Å². The molecule has 0 saturated heterocycles. The van der Waals surface area contributed by atoms with E-state index in [1.165, 1.54) is 0 Å². The molecule has 0 aliphatic rings. The second-order valence-corrected chi connectivity index (χ2v) is 3.29. The summed E-state index contributed by atoms with van der Waals surface area (Å²) in [4.78, 5) is 6.26. The Balaban J connectivity index is 3.07. The number of nitrogens with zero attached hydrogens (tertiary/aromatic N) is 3. The van der Waals surface area contributed by atoms with Crippen LogP contribution in [0.3, 0.4) is 0 Å². The SMILES string of the molecule is N/C(=N/O)c1ccnc(OC(C(F)(F)F)C(F)(F)F)n1. The fourth-order valence-corrected chi connectivity index (χ4v) is 1.02. The highest BCUT2D eigenvalue weighted by molar-refractivity contribution is 5.95. The van der Waals surface area contributed by atoms with Crippen LogP contribution in [0, 0.1) is 0 Å². The zero-order valence-corrected chi connectivity index (χ0v) is 9.27. The van der Waals surface area contributed by atoms with E-state index in [0.717, 1.165) is 12.3 Å². The lowest BCUT2D eigenvalue weighted by atomic mass is 10.3. The Hall–Kier alpha value is -2.27. The number of alkyl halides is 6. The van der Waals surface area contributed by atoms with Gasteiger partial charge in [0.05, 0.1) is 0 Å². The Morgan fingerprint density at radius 2 is 1.80 bits per heavy atom. The van der Waals surface area contributed by atoms with Crippen molar-refractivity contribution >= 4 is 5.84 Å². The second-order valence-electron chi connectivity index (χ2n) is 3.29. The van der Waals surface area contributed by atoms with Crippen molar-refractivity contribution < 1.29 is 36.3 Å². The minimum atomic E-state index is -5.70. The first-order valence-corrected chi connectivity index (χ1v) is 4.66. The number of aromatic nitrogens is 2. The molecule has 112 valence electrons. The summed E-state index contributed by atoms with van der Waals surface area (Å²) >= 11 is 0. The van der Waals surface area contributed by atoms with Gasteiger partial charge in [-0.25, -0.2) is 4.98 Å². The summed E-state index contributed by atoms with van der Waals surface area (Å²) in [7, 11) is 0. The van der Waals surface area contributed by atoms with Crippen LogP contribution in [0.2, 0.25) is 0 Å². The monoisotopic (exact) mass is 304 g/mol. The highest BCUT2D eigenvalue weighted by atomic mass is 19.4. The quantitative estimate of drug-likeness (QED) is 0.290. The molecule has 0 aliphatic heterocycles. The van der Waals surface area contributed by atoms with Crippen LogP contribution < -0.4 is 10.5 Å². The lowest BCUT2D eigenvalue weighted by Crippen LogP contribution is -2.46. The molecule has 0 amide bonds. The van der Waals surface area contributed by atoms with E-state index >= 15 is 0 Å². The molecule has 1 rings (SSSR count). The number of hydrogen-bond acceptors (Lipinski definition) is 5. The molecule has 0 aliphatic carbocycles. The topological polar surface area (TPSA) is 93.6 Å². The van der Waals surface area contributed by atoms with Crippen LogP contribution in [-0.2, 0) is 0 Å². The van der Waals surface area contributed by atoms with E-state index < -0.39 is 36.0 Å². The summed E-state index contributed by atoms with van der Waals surface area (Å²) in [5, 5.41) is 10.8. The fourth-order valence-electron chi connectivity index (χ4n) is 1.02. The summed E-state index contributed by atoms with van der Waals surface area (Å²) < 4.78 is 77.1. The minimum absolute atomic E-state index is 0.402. The third-order valence-corrected chi connectivity index (χ3v) is 1.82. The van der Waals surface area contributed by atoms with Gasteiger partial charge in [0.2, 0.25) is 0 Å². The highest BCUT2D eigenvalue weighted by Gasteiger charge is 2.59. The molecule has 0 spiro atoms. The number of oxime groups is 1. The van der Waals surface area contributed by atoms with Gasteiger partial charge in [0.1, 0.15) is 5.69 Å². The average molecular weight is 304 g/mol. The smallest absolute Gasteiger partial charge is 0.434 e. The third-order valence-electron chi connectivity index (χ3n) is 1.82. The Morgan fingerprint density at radius 1 is 1.25 bits per heavy atom. The van der Waals surface area contributed by atoms with Crippen LogP contribution in [0.4, 0.5) is 26.3 Å². The first-order valence-electron chi connectivity index (χ1n) is 4.66. The summed E-state index contributed by atoms with van der Waals surface area (Å²) in [5.41, 5.74) is 4.67. The van der Waals surface area contributed by atoms with Crippen LogP contribution >= 0.6 is 0 Å². The van der Waals surface area contributed by atoms with Crippen LogP contribution in [-0.4, -0.2) is 39.5 Å². The maximum Gasteiger partial charge on any atom is 0.434 e. The zero-order valence-electron chi connectivity index (χ0n) is 9.27. The fraction of sp³-hybridized carbons (Fsp3) is 0.375. The van der Waals surface area contributed by atoms with E-state index in [9.17, 15) is 26.3 Å². The van der Waals surface area contributed by atoms with E-state index in [1.54, 1.807) is 0 Å². The van der Waals surface area contributed by atoms with Crippen molar-refractivity contribution in [2.24, 2.45) is 10.9 Å². The maximum absolute atomic E-state index is 12.2. The van der Waals surface area contributed by atoms with E-state index in [0.29, 0.717) is 0 Å². The molecule has 12 heteroatoms. The molecule has 6 nitrogen and oxygen atoms in total. The van der Waals surface area contributed by atoms with Crippen molar-refractivity contribution in [1.29, 1.82) is 0 Å². The molecule has 3 N–H and O–H groups in total. The van der Waals surface area contributed by atoms with Gasteiger partial charge in [0, 0.05) is 6.20 Å². The lowest BCUT2D eigenvalue weighted by molar-refractivity contribution is -0.301. The van der Waals surface area contributed by atoms with Gasteiger partial charge in [0.15, 0.2) is 5.84 Å². The molecule has 0 radical (unpaired) electrons. The first-order chi connectivity index (χ1) is 9.05. The Labute approximate surface area is 106 Å². The lowest BCUT2D eigenvalue weighted by Gasteiger charge is -2.22. The standard InChI is InChI=1S/C8H6F6N4O2/c9-7(10,11)5(8(12,13)14)20-6-16-2-1-3(17-6)4(15)18-19/h1-2,5,19H,(H2,15,18). The Morgan fingerprint density at radius 3 is 2.25 bits per heavy atom. The van der Waals surface area contributed by atoms with Crippen molar-refractivity contribution in [2.45, 2.75) is 18.5 Å². The Kier molecular flexibility index (Phi) is 4.25. The molecular formula is C8H6F6N4O2. The molecule has 1 aromatic rings. The zero-order chi connectivity index (χ0) is 15.6. The molecule has 1 aromatic heterocycles. The second kappa shape index (κ2) is 5.38. The van der Waals surface area contributed by atoms with Crippen LogP contribution in [0.5, 0.6) is 6.01 Å². The van der Waals surface area contributed by atoms with Crippen LogP contribution in [0.1, 0.15) is 5.69 Å². The largest absolute Gasteiger partial charge is 0.441 e. The van der Waals surface area contributed by atoms with Gasteiger partial charge in [-0.3, -0.25) is 0 Å². The number of nitrogens with two attached hydrogens (primary N) is 1. The molecule has 0 bridgehead atoms. The van der Waals surface area contributed by atoms with Crippen molar-refractivity contribution in [3.63, 3.8) is 0 Å². The number of ether oxygens (including phenoxy) is 1. The molecular weight excluding hydrogens is 298 g/mol. The van der Waals surface area contributed by atoms with Gasteiger partial charge >= 0.3 is 18.4 Å². The third kappa shape index (κ3) is 3.86. The summed E-state index contributed by atoms with van der Waals surface area (Å²) in [6.45, 7) is 0. The normalized spacial score (nSPS) is 13.7.